The molecular weight excluding hydrogens is 174 g/mol. The van der Waals surface area contributed by atoms with Gasteiger partial charge >= 0.3 is 0 Å². The fourth-order valence-corrected chi connectivity index (χ4v) is 1.37. The molecule has 1 aromatic carbocycles. The van der Waals surface area contributed by atoms with Crippen LogP contribution >= 0.6 is 11.6 Å². The van der Waals surface area contributed by atoms with Gasteiger partial charge in [0.1, 0.15) is 0 Å². The zero-order valence-corrected chi connectivity index (χ0v) is 7.67. The van der Waals surface area contributed by atoms with Gasteiger partial charge in [-0.25, -0.2) is 0 Å². The Kier molecular flexibility index (Phi) is 3.09. The molecule has 0 saturated carbocycles. The van der Waals surface area contributed by atoms with Gasteiger partial charge in [0, 0.05) is 11.6 Å². The molecule has 0 fully saturated rings. The largest absolute Gasteiger partial charge is 0.387 e. The van der Waals surface area contributed by atoms with Gasteiger partial charge in [-0.15, -0.1) is 0 Å². The molecule has 0 amide bonds. The summed E-state index contributed by atoms with van der Waals surface area (Å²) in [4.78, 5) is 0. The highest BCUT2D eigenvalue weighted by Gasteiger charge is 2.07. The van der Waals surface area contributed by atoms with Crippen LogP contribution in [0.4, 0.5) is 0 Å². The van der Waals surface area contributed by atoms with E-state index in [0.29, 0.717) is 5.02 Å². The Hall–Kier alpha value is -0.570. The molecule has 66 valence electrons. The van der Waals surface area contributed by atoms with Crippen molar-refractivity contribution in [2.45, 2.75) is 13.0 Å². The average Bonchev–Trinajstić information content (AvgIpc) is 2.03. The minimum atomic E-state index is -0.581. The van der Waals surface area contributed by atoms with E-state index in [1.165, 1.54) is 0 Å². The van der Waals surface area contributed by atoms with Crippen molar-refractivity contribution in [2.75, 3.05) is 6.54 Å². The first-order valence-electron chi connectivity index (χ1n) is 3.79. The summed E-state index contributed by atoms with van der Waals surface area (Å²) in [5, 5.41) is 10.1. The summed E-state index contributed by atoms with van der Waals surface area (Å²) in [5.41, 5.74) is 7.15. The molecule has 1 rings (SSSR count). The SMILES string of the molecule is Cc1cc(Cl)ccc1C(O)CN. The fraction of sp³-hybridized carbons (Fsp3) is 0.333. The molecule has 0 aliphatic heterocycles. The van der Waals surface area contributed by atoms with Gasteiger partial charge < -0.3 is 10.8 Å². The Bertz CT molecular complexity index is 275. The summed E-state index contributed by atoms with van der Waals surface area (Å²) in [6.45, 7) is 2.14. The molecule has 0 aromatic heterocycles. The van der Waals surface area contributed by atoms with Gasteiger partial charge in [-0.05, 0) is 30.2 Å². The van der Waals surface area contributed by atoms with E-state index in [4.69, 9.17) is 17.3 Å². The third kappa shape index (κ3) is 1.97. The van der Waals surface area contributed by atoms with Crippen molar-refractivity contribution in [2.24, 2.45) is 5.73 Å². The Labute approximate surface area is 77.0 Å². The fourth-order valence-electron chi connectivity index (χ4n) is 1.14. The van der Waals surface area contributed by atoms with Crippen LogP contribution in [0.3, 0.4) is 0 Å². The minimum Gasteiger partial charge on any atom is -0.387 e. The summed E-state index contributed by atoms with van der Waals surface area (Å²) < 4.78 is 0. The maximum atomic E-state index is 9.43. The zero-order chi connectivity index (χ0) is 9.14. The molecule has 0 aliphatic carbocycles. The summed E-state index contributed by atoms with van der Waals surface area (Å²) >= 11 is 5.75. The molecular formula is C9H12ClNO. The summed E-state index contributed by atoms with van der Waals surface area (Å²) in [5.74, 6) is 0. The van der Waals surface area contributed by atoms with E-state index in [2.05, 4.69) is 0 Å². The van der Waals surface area contributed by atoms with Gasteiger partial charge in [0.2, 0.25) is 0 Å². The van der Waals surface area contributed by atoms with Crippen LogP contribution in [0.25, 0.3) is 0 Å². The van der Waals surface area contributed by atoms with E-state index in [1.807, 2.05) is 13.0 Å². The zero-order valence-electron chi connectivity index (χ0n) is 6.92. The highest BCUT2D eigenvalue weighted by atomic mass is 35.5. The number of nitrogens with two attached hydrogens (primary N) is 1. The third-order valence-electron chi connectivity index (χ3n) is 1.81. The molecule has 0 saturated heterocycles. The molecule has 0 aliphatic rings. The van der Waals surface area contributed by atoms with Gasteiger partial charge in [-0.2, -0.15) is 0 Å². The van der Waals surface area contributed by atoms with Crippen molar-refractivity contribution in [3.63, 3.8) is 0 Å². The number of hydrogen-bond acceptors (Lipinski definition) is 2. The maximum absolute atomic E-state index is 9.43. The Morgan fingerprint density at radius 1 is 1.58 bits per heavy atom. The van der Waals surface area contributed by atoms with Crippen molar-refractivity contribution >= 4 is 11.6 Å². The molecule has 0 bridgehead atoms. The number of rotatable bonds is 2. The lowest BCUT2D eigenvalue weighted by Crippen LogP contribution is -2.12. The summed E-state index contributed by atoms with van der Waals surface area (Å²) in [7, 11) is 0. The molecule has 2 nitrogen and oxygen atoms in total. The van der Waals surface area contributed by atoms with Crippen LogP contribution in [0.1, 0.15) is 17.2 Å². The van der Waals surface area contributed by atoms with Crippen molar-refractivity contribution in [3.05, 3.63) is 34.3 Å². The molecule has 3 heteroatoms. The van der Waals surface area contributed by atoms with Gasteiger partial charge in [0.15, 0.2) is 0 Å². The van der Waals surface area contributed by atoms with Crippen LogP contribution in [0.5, 0.6) is 0 Å². The second-order valence-corrected chi connectivity index (χ2v) is 3.19. The quantitative estimate of drug-likeness (QED) is 0.736. The number of benzene rings is 1. The first-order valence-corrected chi connectivity index (χ1v) is 4.17. The molecule has 1 aromatic rings. The van der Waals surface area contributed by atoms with Crippen LogP contribution in [0.2, 0.25) is 5.02 Å². The minimum absolute atomic E-state index is 0.239. The second-order valence-electron chi connectivity index (χ2n) is 2.75. The topological polar surface area (TPSA) is 46.2 Å². The van der Waals surface area contributed by atoms with E-state index in [0.717, 1.165) is 11.1 Å². The number of halogens is 1. The summed E-state index contributed by atoms with van der Waals surface area (Å²) in [6, 6.07) is 5.37. The van der Waals surface area contributed by atoms with Crippen molar-refractivity contribution in [3.8, 4) is 0 Å². The van der Waals surface area contributed by atoms with Crippen molar-refractivity contribution in [1.29, 1.82) is 0 Å². The first kappa shape index (κ1) is 9.52. The van der Waals surface area contributed by atoms with Gasteiger partial charge in [0.05, 0.1) is 6.10 Å². The molecule has 0 radical (unpaired) electrons. The highest BCUT2D eigenvalue weighted by molar-refractivity contribution is 6.30. The highest BCUT2D eigenvalue weighted by Crippen LogP contribution is 2.20. The van der Waals surface area contributed by atoms with E-state index in [1.54, 1.807) is 12.1 Å². The monoisotopic (exact) mass is 185 g/mol. The van der Waals surface area contributed by atoms with Crippen molar-refractivity contribution in [1.82, 2.24) is 0 Å². The standard InChI is InChI=1S/C9H12ClNO/c1-6-4-7(10)2-3-8(6)9(12)5-11/h2-4,9,12H,5,11H2,1H3. The second kappa shape index (κ2) is 3.90. The normalized spacial score (nSPS) is 13.0. The van der Waals surface area contributed by atoms with Crippen LogP contribution in [-0.2, 0) is 0 Å². The van der Waals surface area contributed by atoms with Gasteiger partial charge in [-0.1, -0.05) is 17.7 Å². The molecule has 12 heavy (non-hydrogen) atoms. The van der Waals surface area contributed by atoms with E-state index >= 15 is 0 Å². The average molecular weight is 186 g/mol. The molecule has 0 spiro atoms. The number of aryl methyl sites for hydroxylation is 1. The number of aliphatic hydroxyl groups is 1. The predicted octanol–water partition coefficient (Wildman–Crippen LogP) is 1.64. The lowest BCUT2D eigenvalue weighted by molar-refractivity contribution is 0.186. The third-order valence-corrected chi connectivity index (χ3v) is 2.05. The smallest absolute Gasteiger partial charge is 0.0914 e. The molecule has 0 heterocycles. The van der Waals surface area contributed by atoms with Crippen LogP contribution in [-0.4, -0.2) is 11.7 Å². The maximum Gasteiger partial charge on any atom is 0.0914 e. The lowest BCUT2D eigenvalue weighted by atomic mass is 10.0. The summed E-state index contributed by atoms with van der Waals surface area (Å²) in [6.07, 6.45) is -0.581. The molecule has 1 unspecified atom stereocenters. The van der Waals surface area contributed by atoms with Crippen molar-refractivity contribution < 1.29 is 5.11 Å². The Morgan fingerprint density at radius 3 is 2.75 bits per heavy atom. The van der Waals surface area contributed by atoms with Crippen LogP contribution < -0.4 is 5.73 Å². The first-order chi connectivity index (χ1) is 5.65. The number of aliphatic hydroxyl groups excluding tert-OH is 1. The van der Waals surface area contributed by atoms with E-state index in [9.17, 15) is 5.11 Å². The van der Waals surface area contributed by atoms with Crippen LogP contribution in [0.15, 0.2) is 18.2 Å². The van der Waals surface area contributed by atoms with E-state index < -0.39 is 6.10 Å². The van der Waals surface area contributed by atoms with Gasteiger partial charge in [-0.3, -0.25) is 0 Å². The Balaban J connectivity index is 3.01. The predicted molar refractivity (Wildman–Crippen MR) is 50.2 cm³/mol. The van der Waals surface area contributed by atoms with Crippen LogP contribution in [0, 0.1) is 6.92 Å². The van der Waals surface area contributed by atoms with Gasteiger partial charge in [0.25, 0.3) is 0 Å². The van der Waals surface area contributed by atoms with E-state index in [-0.39, 0.29) is 6.54 Å². The lowest BCUT2D eigenvalue weighted by Gasteiger charge is -2.11. The Morgan fingerprint density at radius 2 is 2.25 bits per heavy atom. The number of hydrogen-bond donors (Lipinski definition) is 2. The molecule has 3 N–H and O–H groups in total. The molecule has 1 atom stereocenters.